The predicted octanol–water partition coefficient (Wildman–Crippen LogP) is 3.02. The summed E-state index contributed by atoms with van der Waals surface area (Å²) in [6.45, 7) is 1.85. The Morgan fingerprint density at radius 1 is 1.16 bits per heavy atom. The first-order valence-electron chi connectivity index (χ1n) is 7.19. The summed E-state index contributed by atoms with van der Waals surface area (Å²) in [4.78, 5) is 12.5. The van der Waals surface area contributed by atoms with Crippen LogP contribution < -0.4 is 0 Å². The third-order valence-electron chi connectivity index (χ3n) is 3.59. The van der Waals surface area contributed by atoms with E-state index in [-0.39, 0.29) is 26.8 Å². The van der Waals surface area contributed by atoms with E-state index in [0.29, 0.717) is 0 Å². The molecular weight excluding hydrogens is 364 g/mol. The van der Waals surface area contributed by atoms with E-state index in [4.69, 9.17) is 11.6 Å². The van der Waals surface area contributed by atoms with Crippen LogP contribution in [0, 0.1) is 6.92 Å². The molecule has 0 aliphatic heterocycles. The zero-order valence-corrected chi connectivity index (χ0v) is 14.6. The van der Waals surface area contributed by atoms with Crippen LogP contribution >= 0.6 is 11.6 Å². The minimum absolute atomic E-state index is 0.0215. The standard InChI is InChI=1S/C17H13ClN2O4S/c1-11-2-5-14(6-3-11)25(23,24)20-10-12(9-19-20)17(22)15-8-13(18)4-7-16(15)21/h2-10,21H,1H3. The Hall–Kier alpha value is -2.64. The first kappa shape index (κ1) is 17.2. The summed E-state index contributed by atoms with van der Waals surface area (Å²) in [5.74, 6) is -0.825. The van der Waals surface area contributed by atoms with Crippen molar-refractivity contribution in [1.29, 1.82) is 0 Å². The largest absolute Gasteiger partial charge is 0.507 e. The third-order valence-corrected chi connectivity index (χ3v) is 5.39. The SMILES string of the molecule is Cc1ccc(S(=O)(=O)n2cc(C(=O)c3cc(Cl)ccc3O)cn2)cc1. The zero-order chi connectivity index (χ0) is 18.2. The van der Waals surface area contributed by atoms with E-state index in [1.807, 2.05) is 6.92 Å². The molecule has 1 heterocycles. The maximum absolute atomic E-state index is 12.6. The number of aromatic hydroxyl groups is 1. The number of hydrogen-bond acceptors (Lipinski definition) is 5. The first-order chi connectivity index (χ1) is 11.8. The van der Waals surface area contributed by atoms with Gasteiger partial charge in [-0.25, -0.2) is 0 Å². The van der Waals surface area contributed by atoms with Gasteiger partial charge in [-0.05, 0) is 37.3 Å². The quantitative estimate of drug-likeness (QED) is 0.707. The average molecular weight is 377 g/mol. The van der Waals surface area contributed by atoms with Gasteiger partial charge in [0.2, 0.25) is 0 Å². The minimum Gasteiger partial charge on any atom is -0.507 e. The summed E-state index contributed by atoms with van der Waals surface area (Å²) < 4.78 is 25.8. The van der Waals surface area contributed by atoms with Crippen LogP contribution in [0.2, 0.25) is 5.02 Å². The molecule has 25 heavy (non-hydrogen) atoms. The fourth-order valence-corrected chi connectivity index (χ4v) is 3.51. The molecule has 0 unspecified atom stereocenters. The predicted molar refractivity (Wildman–Crippen MR) is 92.5 cm³/mol. The zero-order valence-electron chi connectivity index (χ0n) is 13.0. The lowest BCUT2D eigenvalue weighted by molar-refractivity contribution is 0.103. The van der Waals surface area contributed by atoms with Crippen molar-refractivity contribution in [2.24, 2.45) is 0 Å². The van der Waals surface area contributed by atoms with Gasteiger partial charge in [-0.15, -0.1) is 0 Å². The van der Waals surface area contributed by atoms with Gasteiger partial charge in [0.15, 0.2) is 5.78 Å². The van der Waals surface area contributed by atoms with Crippen LogP contribution in [0.25, 0.3) is 0 Å². The summed E-state index contributed by atoms with van der Waals surface area (Å²) in [5, 5.41) is 13.9. The molecule has 0 fully saturated rings. The average Bonchev–Trinajstić information content (AvgIpc) is 3.08. The maximum Gasteiger partial charge on any atom is 0.282 e. The van der Waals surface area contributed by atoms with Crippen LogP contribution in [0.15, 0.2) is 59.8 Å². The van der Waals surface area contributed by atoms with Crippen molar-refractivity contribution in [3.63, 3.8) is 0 Å². The normalized spacial score (nSPS) is 11.4. The van der Waals surface area contributed by atoms with Crippen LogP contribution in [-0.4, -0.2) is 28.5 Å². The molecule has 1 N–H and O–H groups in total. The van der Waals surface area contributed by atoms with Gasteiger partial charge in [0.25, 0.3) is 10.0 Å². The number of carbonyl (C=O) groups is 1. The number of phenols is 1. The Morgan fingerprint density at radius 3 is 2.52 bits per heavy atom. The number of hydrogen-bond donors (Lipinski definition) is 1. The summed E-state index contributed by atoms with van der Waals surface area (Å²) in [6.07, 6.45) is 2.24. The molecule has 0 saturated heterocycles. The van der Waals surface area contributed by atoms with Gasteiger partial charge in [-0.3, -0.25) is 4.79 Å². The molecule has 3 aromatic rings. The highest BCUT2D eigenvalue weighted by molar-refractivity contribution is 7.89. The summed E-state index contributed by atoms with van der Waals surface area (Å²) >= 11 is 5.84. The van der Waals surface area contributed by atoms with E-state index in [1.165, 1.54) is 30.3 Å². The van der Waals surface area contributed by atoms with E-state index in [2.05, 4.69) is 5.10 Å². The smallest absolute Gasteiger partial charge is 0.282 e. The van der Waals surface area contributed by atoms with Gasteiger partial charge in [0.05, 0.1) is 28.4 Å². The molecule has 128 valence electrons. The number of aromatic nitrogens is 2. The summed E-state index contributed by atoms with van der Waals surface area (Å²) in [5.41, 5.74) is 0.916. The van der Waals surface area contributed by atoms with Crippen molar-refractivity contribution in [2.45, 2.75) is 11.8 Å². The molecular formula is C17H13ClN2O4S. The van der Waals surface area contributed by atoms with E-state index < -0.39 is 15.8 Å². The number of ketones is 1. The van der Waals surface area contributed by atoms with E-state index in [0.717, 1.165) is 22.0 Å². The van der Waals surface area contributed by atoms with Crippen molar-refractivity contribution in [2.75, 3.05) is 0 Å². The molecule has 0 spiro atoms. The molecule has 1 aromatic heterocycles. The number of halogens is 1. The molecule has 0 saturated carbocycles. The van der Waals surface area contributed by atoms with Gasteiger partial charge < -0.3 is 5.11 Å². The van der Waals surface area contributed by atoms with Gasteiger partial charge >= 0.3 is 0 Å². The van der Waals surface area contributed by atoms with Gasteiger partial charge in [-0.1, -0.05) is 29.3 Å². The Labute approximate surface area is 149 Å². The van der Waals surface area contributed by atoms with E-state index in [9.17, 15) is 18.3 Å². The van der Waals surface area contributed by atoms with Crippen LogP contribution in [0.5, 0.6) is 5.75 Å². The Kier molecular flexibility index (Phi) is 4.36. The summed E-state index contributed by atoms with van der Waals surface area (Å²) in [6, 6.07) is 10.3. The number of phenolic OH excluding ortho intramolecular Hbond substituents is 1. The molecule has 0 radical (unpaired) electrons. The van der Waals surface area contributed by atoms with Gasteiger partial charge in [0.1, 0.15) is 5.75 Å². The second kappa shape index (κ2) is 6.34. The number of carbonyl (C=O) groups excluding carboxylic acids is 1. The highest BCUT2D eigenvalue weighted by atomic mass is 35.5. The Bertz CT molecular complexity index is 1060. The molecule has 0 aliphatic carbocycles. The fourth-order valence-electron chi connectivity index (χ4n) is 2.22. The molecule has 2 aromatic carbocycles. The van der Waals surface area contributed by atoms with E-state index >= 15 is 0 Å². The maximum atomic E-state index is 12.6. The van der Waals surface area contributed by atoms with Gasteiger partial charge in [-0.2, -0.15) is 17.6 Å². The third kappa shape index (κ3) is 3.29. The fraction of sp³-hybridized carbons (Fsp3) is 0.0588. The van der Waals surface area contributed by atoms with E-state index in [1.54, 1.807) is 12.1 Å². The highest BCUT2D eigenvalue weighted by Gasteiger charge is 2.21. The lowest BCUT2D eigenvalue weighted by Gasteiger charge is -2.04. The lowest BCUT2D eigenvalue weighted by Crippen LogP contribution is -2.13. The van der Waals surface area contributed by atoms with Gasteiger partial charge in [0, 0.05) is 5.02 Å². The molecule has 6 nitrogen and oxygen atoms in total. The monoisotopic (exact) mass is 376 g/mol. The van der Waals surface area contributed by atoms with Crippen molar-refractivity contribution in [3.05, 3.63) is 76.6 Å². The molecule has 0 bridgehead atoms. The number of benzene rings is 2. The molecule has 0 atom stereocenters. The van der Waals surface area contributed by atoms with Crippen molar-refractivity contribution in [3.8, 4) is 5.75 Å². The molecule has 0 amide bonds. The second-order valence-corrected chi connectivity index (χ2v) is 7.64. The Balaban J connectivity index is 1.98. The van der Waals surface area contributed by atoms with Crippen LogP contribution in [0.4, 0.5) is 0 Å². The second-order valence-electron chi connectivity index (χ2n) is 5.41. The Morgan fingerprint density at radius 2 is 1.84 bits per heavy atom. The molecule has 8 heteroatoms. The molecule has 3 rings (SSSR count). The highest BCUT2D eigenvalue weighted by Crippen LogP contribution is 2.24. The van der Waals surface area contributed by atoms with Crippen LogP contribution in [0.1, 0.15) is 21.5 Å². The molecule has 0 aliphatic rings. The van der Waals surface area contributed by atoms with Crippen molar-refractivity contribution in [1.82, 2.24) is 9.19 Å². The lowest BCUT2D eigenvalue weighted by atomic mass is 10.1. The number of nitrogens with zero attached hydrogens (tertiary/aromatic N) is 2. The summed E-state index contributed by atoms with van der Waals surface area (Å²) in [7, 11) is -3.90. The number of rotatable bonds is 4. The van der Waals surface area contributed by atoms with Crippen molar-refractivity contribution >= 4 is 27.4 Å². The minimum atomic E-state index is -3.90. The van der Waals surface area contributed by atoms with Crippen molar-refractivity contribution < 1.29 is 18.3 Å². The topological polar surface area (TPSA) is 89.3 Å². The van der Waals surface area contributed by atoms with Crippen LogP contribution in [0.3, 0.4) is 0 Å². The first-order valence-corrected chi connectivity index (χ1v) is 9.01. The van der Waals surface area contributed by atoms with Crippen LogP contribution in [-0.2, 0) is 10.0 Å². The number of aryl methyl sites for hydroxylation is 1.